The van der Waals surface area contributed by atoms with Crippen LogP contribution in [0.25, 0.3) is 10.9 Å². The first-order valence-electron chi connectivity index (χ1n) is 4.97. The van der Waals surface area contributed by atoms with Crippen molar-refractivity contribution in [3.8, 4) is 0 Å². The van der Waals surface area contributed by atoms with E-state index < -0.39 is 0 Å². The smallest absolute Gasteiger partial charge is 0.293 e. The van der Waals surface area contributed by atoms with E-state index in [9.17, 15) is 9.18 Å². The number of benzene rings is 1. The van der Waals surface area contributed by atoms with Crippen LogP contribution in [-0.4, -0.2) is 18.1 Å². The Kier molecular flexibility index (Phi) is 4.51. The van der Waals surface area contributed by atoms with E-state index >= 15 is 0 Å². The van der Waals surface area contributed by atoms with E-state index in [2.05, 4.69) is 9.72 Å². The van der Waals surface area contributed by atoms with Crippen molar-refractivity contribution in [1.82, 2.24) is 4.98 Å². The molecule has 0 aliphatic rings. The van der Waals surface area contributed by atoms with Crippen molar-refractivity contribution in [3.05, 3.63) is 35.8 Å². The van der Waals surface area contributed by atoms with Crippen molar-refractivity contribution in [2.45, 2.75) is 13.8 Å². The first-order chi connectivity index (χ1) is 7.69. The molecule has 1 aromatic heterocycles. The van der Waals surface area contributed by atoms with Crippen LogP contribution < -0.4 is 0 Å². The largest absolute Gasteiger partial charge is 0.468 e. The number of aryl methyl sites for hydroxylation is 1. The van der Waals surface area contributed by atoms with Gasteiger partial charge in [-0.25, -0.2) is 4.39 Å². The zero-order valence-corrected chi connectivity index (χ0v) is 9.29. The average Bonchev–Trinajstić information content (AvgIpc) is 2.63. The molecular weight excluding hydrogens is 209 g/mol. The van der Waals surface area contributed by atoms with Crippen molar-refractivity contribution in [3.63, 3.8) is 0 Å². The van der Waals surface area contributed by atoms with Gasteiger partial charge in [0.25, 0.3) is 6.47 Å². The number of fused-ring (bicyclic) bond motifs is 1. The topological polar surface area (TPSA) is 42.1 Å². The molecule has 0 amide bonds. The van der Waals surface area contributed by atoms with E-state index in [1.165, 1.54) is 6.07 Å². The van der Waals surface area contributed by atoms with Gasteiger partial charge in [-0.15, -0.1) is 0 Å². The van der Waals surface area contributed by atoms with Crippen LogP contribution in [0.5, 0.6) is 0 Å². The van der Waals surface area contributed by atoms with E-state index in [0.29, 0.717) is 13.1 Å². The number of H-pyrrole nitrogens is 1. The van der Waals surface area contributed by atoms with Crippen LogP contribution in [0.4, 0.5) is 4.39 Å². The molecule has 1 aromatic carbocycles. The lowest BCUT2D eigenvalue weighted by molar-refractivity contribution is -0.128. The summed E-state index contributed by atoms with van der Waals surface area (Å²) in [6.07, 6.45) is 1.88. The van der Waals surface area contributed by atoms with Crippen LogP contribution >= 0.6 is 0 Å². The molecule has 0 radical (unpaired) electrons. The third-order valence-corrected chi connectivity index (χ3v) is 2.09. The van der Waals surface area contributed by atoms with Gasteiger partial charge in [0, 0.05) is 17.1 Å². The Bertz CT molecular complexity index is 465. The molecule has 16 heavy (non-hydrogen) atoms. The van der Waals surface area contributed by atoms with Gasteiger partial charge >= 0.3 is 0 Å². The maximum absolute atomic E-state index is 12.7. The van der Waals surface area contributed by atoms with Crippen LogP contribution in [0.2, 0.25) is 0 Å². The predicted octanol–water partition coefficient (Wildman–Crippen LogP) is 2.79. The number of aromatic amines is 1. The van der Waals surface area contributed by atoms with E-state index in [0.717, 1.165) is 16.5 Å². The molecule has 3 nitrogen and oxygen atoms in total. The molecule has 0 saturated carbocycles. The monoisotopic (exact) mass is 223 g/mol. The van der Waals surface area contributed by atoms with Gasteiger partial charge in [0.15, 0.2) is 0 Å². The number of rotatable bonds is 2. The van der Waals surface area contributed by atoms with Crippen LogP contribution in [0.1, 0.15) is 12.5 Å². The molecule has 4 heteroatoms. The number of aromatic nitrogens is 1. The van der Waals surface area contributed by atoms with Gasteiger partial charge in [0.05, 0.1) is 6.61 Å². The average molecular weight is 223 g/mol. The first kappa shape index (κ1) is 12.2. The second-order valence-electron chi connectivity index (χ2n) is 3.21. The highest BCUT2D eigenvalue weighted by Gasteiger charge is 1.98. The fourth-order valence-electron chi connectivity index (χ4n) is 1.30. The number of carbonyl (C=O) groups excluding carboxylic acids is 1. The van der Waals surface area contributed by atoms with Gasteiger partial charge < -0.3 is 9.72 Å². The van der Waals surface area contributed by atoms with Gasteiger partial charge in [-0.2, -0.15) is 0 Å². The summed E-state index contributed by atoms with van der Waals surface area (Å²) in [6.45, 7) is 4.62. The Balaban J connectivity index is 0.000000221. The molecule has 0 bridgehead atoms. The summed E-state index contributed by atoms with van der Waals surface area (Å²) in [4.78, 5) is 12.2. The lowest BCUT2D eigenvalue weighted by atomic mass is 10.2. The molecule has 0 aliphatic carbocycles. The molecule has 2 rings (SSSR count). The number of halogens is 1. The lowest BCUT2D eigenvalue weighted by Crippen LogP contribution is -1.80. The quantitative estimate of drug-likeness (QED) is 0.795. The van der Waals surface area contributed by atoms with Crippen molar-refractivity contribution < 1.29 is 13.9 Å². The SMILES string of the molecule is CCOC=O.Cc1c[nH]c2ccc(F)cc12. The second kappa shape index (κ2) is 5.90. The summed E-state index contributed by atoms with van der Waals surface area (Å²) in [6, 6.07) is 4.75. The minimum absolute atomic E-state index is 0.180. The molecule has 0 aliphatic heterocycles. The Hall–Kier alpha value is -1.84. The summed E-state index contributed by atoms with van der Waals surface area (Å²) in [7, 11) is 0. The Morgan fingerprint density at radius 1 is 1.50 bits per heavy atom. The molecule has 1 heterocycles. The molecule has 86 valence electrons. The van der Waals surface area contributed by atoms with Crippen LogP contribution in [0.3, 0.4) is 0 Å². The normalized spacial score (nSPS) is 9.44. The minimum atomic E-state index is -0.180. The molecular formula is C12H14FNO2. The van der Waals surface area contributed by atoms with E-state index in [1.54, 1.807) is 19.1 Å². The van der Waals surface area contributed by atoms with Gasteiger partial charge in [0.2, 0.25) is 0 Å². The number of ether oxygens (including phenoxy) is 1. The molecule has 0 unspecified atom stereocenters. The number of hydrogen-bond donors (Lipinski definition) is 1. The number of carbonyl (C=O) groups is 1. The predicted molar refractivity (Wildman–Crippen MR) is 60.7 cm³/mol. The fourth-order valence-corrected chi connectivity index (χ4v) is 1.30. The van der Waals surface area contributed by atoms with Crippen molar-refractivity contribution >= 4 is 17.4 Å². The highest BCUT2D eigenvalue weighted by Crippen LogP contribution is 2.17. The molecule has 0 spiro atoms. The standard InChI is InChI=1S/C9H8FN.C3H6O2/c1-6-5-11-9-3-2-7(10)4-8(6)9;1-2-5-3-4/h2-5,11H,1H3;3H,2H2,1H3. The minimum Gasteiger partial charge on any atom is -0.468 e. The van der Waals surface area contributed by atoms with Gasteiger partial charge in [-0.1, -0.05) is 0 Å². The molecule has 0 saturated heterocycles. The number of nitrogens with one attached hydrogen (secondary N) is 1. The van der Waals surface area contributed by atoms with Crippen LogP contribution in [0, 0.1) is 12.7 Å². The summed E-state index contributed by atoms with van der Waals surface area (Å²) >= 11 is 0. The Labute approximate surface area is 93.2 Å². The van der Waals surface area contributed by atoms with Gasteiger partial charge in [-0.05, 0) is 37.6 Å². The van der Waals surface area contributed by atoms with E-state index in [4.69, 9.17) is 0 Å². The molecule has 1 N–H and O–H groups in total. The maximum Gasteiger partial charge on any atom is 0.293 e. The first-order valence-corrected chi connectivity index (χ1v) is 4.97. The van der Waals surface area contributed by atoms with Gasteiger partial charge in [0.1, 0.15) is 5.82 Å². The zero-order valence-electron chi connectivity index (χ0n) is 9.29. The van der Waals surface area contributed by atoms with Crippen molar-refractivity contribution in [2.75, 3.05) is 6.61 Å². The Morgan fingerprint density at radius 3 is 2.81 bits per heavy atom. The highest BCUT2D eigenvalue weighted by atomic mass is 19.1. The Morgan fingerprint density at radius 2 is 2.25 bits per heavy atom. The highest BCUT2D eigenvalue weighted by molar-refractivity contribution is 5.82. The summed E-state index contributed by atoms with van der Waals surface area (Å²) in [5.74, 6) is -0.180. The molecule has 0 fully saturated rings. The maximum atomic E-state index is 12.7. The third-order valence-electron chi connectivity index (χ3n) is 2.09. The van der Waals surface area contributed by atoms with Gasteiger partial charge in [-0.3, -0.25) is 4.79 Å². The van der Waals surface area contributed by atoms with Crippen LogP contribution in [0.15, 0.2) is 24.4 Å². The zero-order chi connectivity index (χ0) is 12.0. The second-order valence-corrected chi connectivity index (χ2v) is 3.21. The number of hydrogen-bond acceptors (Lipinski definition) is 2. The molecule has 0 atom stereocenters. The summed E-state index contributed by atoms with van der Waals surface area (Å²) < 4.78 is 16.8. The molecule has 2 aromatic rings. The lowest BCUT2D eigenvalue weighted by Gasteiger charge is -1.90. The fraction of sp³-hybridized carbons (Fsp3) is 0.250. The summed E-state index contributed by atoms with van der Waals surface area (Å²) in [5, 5.41) is 0.963. The van der Waals surface area contributed by atoms with Crippen LogP contribution in [-0.2, 0) is 9.53 Å². The summed E-state index contributed by atoms with van der Waals surface area (Å²) in [5.41, 5.74) is 2.07. The van der Waals surface area contributed by atoms with E-state index in [-0.39, 0.29) is 5.82 Å². The van der Waals surface area contributed by atoms with Crippen molar-refractivity contribution in [2.24, 2.45) is 0 Å². The third kappa shape index (κ3) is 3.08. The van der Waals surface area contributed by atoms with E-state index in [1.807, 2.05) is 13.1 Å². The van der Waals surface area contributed by atoms with Crippen molar-refractivity contribution in [1.29, 1.82) is 0 Å².